The van der Waals surface area contributed by atoms with Gasteiger partial charge in [0.2, 0.25) is 0 Å². The molecule has 1 aromatic heterocycles. The van der Waals surface area contributed by atoms with Crippen molar-refractivity contribution in [2.75, 3.05) is 6.54 Å². The van der Waals surface area contributed by atoms with Gasteiger partial charge in [-0.05, 0) is 43.7 Å². The lowest BCUT2D eigenvalue weighted by Crippen LogP contribution is -2.23. The molecule has 1 unspecified atom stereocenters. The predicted octanol–water partition coefficient (Wildman–Crippen LogP) is 4.14. The molecule has 0 aliphatic heterocycles. The summed E-state index contributed by atoms with van der Waals surface area (Å²) in [5.74, 6) is -0.213. The highest BCUT2D eigenvalue weighted by Gasteiger charge is 2.17. The van der Waals surface area contributed by atoms with Gasteiger partial charge < -0.3 is 5.32 Å². The highest BCUT2D eigenvalue weighted by Crippen LogP contribution is 2.27. The number of hydrogen-bond donors (Lipinski definition) is 1. The number of thiazole rings is 1. The molecule has 1 aromatic carbocycles. The molecule has 0 amide bonds. The first kappa shape index (κ1) is 14.4. The molecule has 19 heavy (non-hydrogen) atoms. The van der Waals surface area contributed by atoms with Crippen LogP contribution < -0.4 is 5.32 Å². The van der Waals surface area contributed by atoms with Crippen molar-refractivity contribution in [3.8, 4) is 0 Å². The van der Waals surface area contributed by atoms with Gasteiger partial charge in [-0.3, -0.25) is 0 Å². The predicted molar refractivity (Wildman–Crippen MR) is 78.4 cm³/mol. The SMILES string of the molecule is CCNC(Cc1cc(Cl)ccc1F)c1scnc1C. The summed E-state index contributed by atoms with van der Waals surface area (Å²) in [6.45, 7) is 4.84. The fraction of sp³-hybridized carbons (Fsp3) is 0.357. The summed E-state index contributed by atoms with van der Waals surface area (Å²) in [7, 11) is 0. The lowest BCUT2D eigenvalue weighted by atomic mass is 10.0. The zero-order valence-electron chi connectivity index (χ0n) is 10.9. The van der Waals surface area contributed by atoms with Crippen molar-refractivity contribution in [1.82, 2.24) is 10.3 Å². The Morgan fingerprint density at radius 1 is 1.47 bits per heavy atom. The van der Waals surface area contributed by atoms with Crippen LogP contribution in [0, 0.1) is 12.7 Å². The molecule has 5 heteroatoms. The van der Waals surface area contributed by atoms with Gasteiger partial charge in [0, 0.05) is 15.9 Å². The Hall–Kier alpha value is -0.970. The summed E-state index contributed by atoms with van der Waals surface area (Å²) in [6, 6.07) is 4.75. The van der Waals surface area contributed by atoms with E-state index in [4.69, 9.17) is 11.6 Å². The van der Waals surface area contributed by atoms with Crippen LogP contribution in [-0.4, -0.2) is 11.5 Å². The van der Waals surface area contributed by atoms with Crippen LogP contribution in [0.5, 0.6) is 0 Å². The molecule has 0 spiro atoms. The first-order valence-electron chi connectivity index (χ1n) is 6.19. The van der Waals surface area contributed by atoms with Crippen LogP contribution in [0.3, 0.4) is 0 Å². The summed E-state index contributed by atoms with van der Waals surface area (Å²) in [6.07, 6.45) is 0.573. The number of nitrogens with zero attached hydrogens (tertiary/aromatic N) is 1. The molecule has 2 aromatic rings. The van der Waals surface area contributed by atoms with Gasteiger partial charge in [-0.25, -0.2) is 9.37 Å². The van der Waals surface area contributed by atoms with E-state index in [0.29, 0.717) is 17.0 Å². The fourth-order valence-corrected chi connectivity index (χ4v) is 3.14. The number of likely N-dealkylation sites (N-methyl/N-ethyl adjacent to an activating group) is 1. The number of benzene rings is 1. The van der Waals surface area contributed by atoms with Crippen molar-refractivity contribution in [2.45, 2.75) is 26.3 Å². The van der Waals surface area contributed by atoms with Crippen molar-refractivity contribution in [2.24, 2.45) is 0 Å². The Labute approximate surface area is 121 Å². The van der Waals surface area contributed by atoms with Crippen LogP contribution in [0.2, 0.25) is 5.02 Å². The highest BCUT2D eigenvalue weighted by atomic mass is 35.5. The summed E-state index contributed by atoms with van der Waals surface area (Å²) in [4.78, 5) is 5.41. The van der Waals surface area contributed by atoms with Gasteiger partial charge in [-0.15, -0.1) is 11.3 Å². The molecule has 1 heterocycles. The number of aromatic nitrogens is 1. The molecule has 0 saturated heterocycles. The molecule has 1 N–H and O–H groups in total. The number of aryl methyl sites for hydroxylation is 1. The van der Waals surface area contributed by atoms with Gasteiger partial charge in [0.25, 0.3) is 0 Å². The first-order valence-corrected chi connectivity index (χ1v) is 7.45. The van der Waals surface area contributed by atoms with Gasteiger partial charge in [0.05, 0.1) is 11.2 Å². The molecule has 2 nitrogen and oxygen atoms in total. The number of rotatable bonds is 5. The van der Waals surface area contributed by atoms with Crippen LogP contribution >= 0.6 is 22.9 Å². The van der Waals surface area contributed by atoms with E-state index in [0.717, 1.165) is 17.1 Å². The second-order valence-electron chi connectivity index (χ2n) is 4.35. The topological polar surface area (TPSA) is 24.9 Å². The summed E-state index contributed by atoms with van der Waals surface area (Å²) < 4.78 is 13.8. The molecule has 102 valence electrons. The summed E-state index contributed by atoms with van der Waals surface area (Å²) in [5.41, 5.74) is 3.45. The largest absolute Gasteiger partial charge is 0.309 e. The molecule has 0 radical (unpaired) electrons. The Morgan fingerprint density at radius 2 is 2.26 bits per heavy atom. The number of hydrogen-bond acceptors (Lipinski definition) is 3. The molecular formula is C14H16ClFN2S. The van der Waals surface area contributed by atoms with Gasteiger partial charge >= 0.3 is 0 Å². The van der Waals surface area contributed by atoms with Gasteiger partial charge in [0.1, 0.15) is 5.82 Å². The van der Waals surface area contributed by atoms with Crippen LogP contribution in [0.1, 0.15) is 29.1 Å². The van der Waals surface area contributed by atoms with E-state index in [1.54, 1.807) is 23.5 Å². The lowest BCUT2D eigenvalue weighted by molar-refractivity contribution is 0.532. The molecule has 0 aliphatic rings. The van der Waals surface area contributed by atoms with Crippen molar-refractivity contribution >= 4 is 22.9 Å². The van der Waals surface area contributed by atoms with Crippen LogP contribution in [-0.2, 0) is 6.42 Å². The van der Waals surface area contributed by atoms with Gasteiger partial charge in [0.15, 0.2) is 0 Å². The monoisotopic (exact) mass is 298 g/mol. The fourth-order valence-electron chi connectivity index (χ4n) is 2.07. The maximum atomic E-state index is 13.8. The quantitative estimate of drug-likeness (QED) is 0.897. The molecule has 0 fully saturated rings. The third-order valence-electron chi connectivity index (χ3n) is 2.98. The van der Waals surface area contributed by atoms with E-state index in [2.05, 4.69) is 10.3 Å². The molecule has 0 saturated carbocycles. The van der Waals surface area contributed by atoms with Crippen molar-refractivity contribution in [3.05, 3.63) is 50.7 Å². The minimum absolute atomic E-state index is 0.0745. The Morgan fingerprint density at radius 3 is 2.89 bits per heavy atom. The minimum Gasteiger partial charge on any atom is -0.309 e. The molecule has 0 bridgehead atoms. The zero-order chi connectivity index (χ0) is 13.8. The number of halogens is 2. The van der Waals surface area contributed by atoms with Crippen molar-refractivity contribution in [1.29, 1.82) is 0 Å². The van der Waals surface area contributed by atoms with E-state index in [-0.39, 0.29) is 11.9 Å². The second kappa shape index (κ2) is 6.46. The molecule has 1 atom stereocenters. The standard InChI is InChI=1S/C14H16ClFN2S/c1-3-17-13(14-9(2)18-8-19-14)7-10-6-11(15)4-5-12(10)16/h4-6,8,13,17H,3,7H2,1-2H3. The van der Waals surface area contributed by atoms with Crippen molar-refractivity contribution in [3.63, 3.8) is 0 Å². The minimum atomic E-state index is -0.213. The average Bonchev–Trinajstić information content (AvgIpc) is 2.79. The zero-order valence-corrected chi connectivity index (χ0v) is 12.5. The van der Waals surface area contributed by atoms with Gasteiger partial charge in [-0.2, -0.15) is 0 Å². The summed E-state index contributed by atoms with van der Waals surface area (Å²) in [5, 5.41) is 3.94. The molecule has 0 aliphatic carbocycles. The maximum Gasteiger partial charge on any atom is 0.126 e. The van der Waals surface area contributed by atoms with E-state index in [9.17, 15) is 4.39 Å². The van der Waals surface area contributed by atoms with Crippen LogP contribution in [0.25, 0.3) is 0 Å². The third kappa shape index (κ3) is 3.53. The highest BCUT2D eigenvalue weighted by molar-refractivity contribution is 7.09. The van der Waals surface area contributed by atoms with E-state index >= 15 is 0 Å². The lowest BCUT2D eigenvalue weighted by Gasteiger charge is -2.17. The van der Waals surface area contributed by atoms with Crippen molar-refractivity contribution < 1.29 is 4.39 Å². The number of nitrogens with one attached hydrogen (secondary N) is 1. The van der Waals surface area contributed by atoms with E-state index in [1.165, 1.54) is 6.07 Å². The normalized spacial score (nSPS) is 12.6. The Balaban J connectivity index is 2.26. The third-order valence-corrected chi connectivity index (χ3v) is 4.26. The summed E-state index contributed by atoms with van der Waals surface area (Å²) >= 11 is 7.53. The van der Waals surface area contributed by atoms with E-state index in [1.807, 2.05) is 19.4 Å². The smallest absolute Gasteiger partial charge is 0.126 e. The van der Waals surface area contributed by atoms with Crippen LogP contribution in [0.15, 0.2) is 23.7 Å². The van der Waals surface area contributed by atoms with Crippen LogP contribution in [0.4, 0.5) is 4.39 Å². The Kier molecular flexibility index (Phi) is 4.91. The van der Waals surface area contributed by atoms with E-state index < -0.39 is 0 Å². The van der Waals surface area contributed by atoms with Gasteiger partial charge in [-0.1, -0.05) is 18.5 Å². The Bertz CT molecular complexity index is 556. The first-order chi connectivity index (χ1) is 9.11. The maximum absolute atomic E-state index is 13.8. The second-order valence-corrected chi connectivity index (χ2v) is 5.67. The molecule has 2 rings (SSSR count). The molecular weight excluding hydrogens is 283 g/mol. The average molecular weight is 299 g/mol.